The van der Waals surface area contributed by atoms with Crippen molar-refractivity contribution in [1.29, 1.82) is 0 Å². The molecule has 0 radical (unpaired) electrons. The Kier molecular flexibility index (Phi) is 4.46. The van der Waals surface area contributed by atoms with E-state index in [0.29, 0.717) is 15.7 Å². The molecule has 0 aliphatic heterocycles. The fourth-order valence-corrected chi connectivity index (χ4v) is 2.58. The predicted molar refractivity (Wildman–Crippen MR) is 82.0 cm³/mol. The summed E-state index contributed by atoms with van der Waals surface area (Å²) in [6, 6.07) is 8.21. The largest absolute Gasteiger partial charge is 0.383 e. The quantitative estimate of drug-likeness (QED) is 0.512. The SMILES string of the molecule is CC(Sc1nc(N)cc(N)n1)C(=O)c1ccc(Cl)cc1. The molecule has 0 amide bonds. The van der Waals surface area contributed by atoms with Crippen molar-refractivity contribution in [2.45, 2.75) is 17.3 Å². The highest BCUT2D eigenvalue weighted by molar-refractivity contribution is 8.00. The molecule has 0 aliphatic carbocycles. The summed E-state index contributed by atoms with van der Waals surface area (Å²) in [7, 11) is 0. The van der Waals surface area contributed by atoms with E-state index in [1.54, 1.807) is 31.2 Å². The summed E-state index contributed by atoms with van der Waals surface area (Å²) in [5.41, 5.74) is 11.8. The van der Waals surface area contributed by atoms with Gasteiger partial charge >= 0.3 is 0 Å². The Bertz CT molecular complexity index is 613. The molecule has 0 saturated carbocycles. The van der Waals surface area contributed by atoms with Crippen LogP contribution in [0.5, 0.6) is 0 Å². The van der Waals surface area contributed by atoms with Gasteiger partial charge in [0, 0.05) is 16.7 Å². The smallest absolute Gasteiger partial charge is 0.192 e. The van der Waals surface area contributed by atoms with Gasteiger partial charge in [0.1, 0.15) is 11.6 Å². The van der Waals surface area contributed by atoms with E-state index in [1.807, 2.05) is 0 Å². The monoisotopic (exact) mass is 308 g/mol. The molecule has 7 heteroatoms. The molecule has 2 aromatic rings. The number of carbonyl (C=O) groups is 1. The number of thioether (sulfide) groups is 1. The van der Waals surface area contributed by atoms with Gasteiger partial charge in [-0.1, -0.05) is 23.4 Å². The van der Waals surface area contributed by atoms with Crippen molar-refractivity contribution in [1.82, 2.24) is 9.97 Å². The second-order valence-electron chi connectivity index (χ2n) is 4.13. The maximum Gasteiger partial charge on any atom is 0.192 e. The van der Waals surface area contributed by atoms with Crippen LogP contribution >= 0.6 is 23.4 Å². The van der Waals surface area contributed by atoms with E-state index in [-0.39, 0.29) is 22.7 Å². The van der Waals surface area contributed by atoms with Crippen LogP contribution in [-0.2, 0) is 0 Å². The highest BCUT2D eigenvalue weighted by Gasteiger charge is 2.18. The number of hydrogen-bond acceptors (Lipinski definition) is 6. The van der Waals surface area contributed by atoms with Crippen molar-refractivity contribution < 1.29 is 4.79 Å². The van der Waals surface area contributed by atoms with Crippen LogP contribution in [0.15, 0.2) is 35.5 Å². The molecule has 104 valence electrons. The van der Waals surface area contributed by atoms with Crippen molar-refractivity contribution >= 4 is 40.8 Å². The number of hydrogen-bond donors (Lipinski definition) is 2. The molecular formula is C13H13ClN4OS. The Balaban J connectivity index is 2.13. The third kappa shape index (κ3) is 3.61. The van der Waals surface area contributed by atoms with Gasteiger partial charge in [-0.3, -0.25) is 4.79 Å². The van der Waals surface area contributed by atoms with E-state index in [2.05, 4.69) is 9.97 Å². The van der Waals surface area contributed by atoms with E-state index in [1.165, 1.54) is 17.8 Å². The van der Waals surface area contributed by atoms with Crippen LogP contribution in [0.1, 0.15) is 17.3 Å². The third-order valence-electron chi connectivity index (χ3n) is 2.53. The van der Waals surface area contributed by atoms with Gasteiger partial charge in [0.05, 0.1) is 5.25 Å². The van der Waals surface area contributed by atoms with E-state index in [9.17, 15) is 4.79 Å². The Morgan fingerprint density at radius 2 is 1.75 bits per heavy atom. The van der Waals surface area contributed by atoms with Crippen molar-refractivity contribution in [3.8, 4) is 0 Å². The maximum atomic E-state index is 12.2. The van der Waals surface area contributed by atoms with Crippen LogP contribution in [0.3, 0.4) is 0 Å². The minimum Gasteiger partial charge on any atom is -0.383 e. The normalized spacial score (nSPS) is 12.1. The number of rotatable bonds is 4. The summed E-state index contributed by atoms with van der Waals surface area (Å²) in [5, 5.41) is 0.628. The minimum atomic E-state index is -0.350. The van der Waals surface area contributed by atoms with Gasteiger partial charge in [-0.15, -0.1) is 0 Å². The van der Waals surface area contributed by atoms with Crippen LogP contribution in [0, 0.1) is 0 Å². The van der Waals surface area contributed by atoms with Crippen molar-refractivity contribution in [2.24, 2.45) is 0 Å². The molecule has 5 nitrogen and oxygen atoms in total. The van der Waals surface area contributed by atoms with E-state index < -0.39 is 0 Å². The third-order valence-corrected chi connectivity index (χ3v) is 3.74. The second-order valence-corrected chi connectivity index (χ2v) is 5.88. The topological polar surface area (TPSA) is 94.9 Å². The molecule has 0 spiro atoms. The second kappa shape index (κ2) is 6.11. The van der Waals surface area contributed by atoms with Gasteiger partial charge in [-0.2, -0.15) is 0 Å². The molecular weight excluding hydrogens is 296 g/mol. The van der Waals surface area contributed by atoms with Crippen molar-refractivity contribution in [2.75, 3.05) is 11.5 Å². The van der Waals surface area contributed by atoms with Crippen LogP contribution in [0.25, 0.3) is 0 Å². The lowest BCUT2D eigenvalue weighted by atomic mass is 10.1. The number of nitrogens with two attached hydrogens (primary N) is 2. The first-order valence-electron chi connectivity index (χ1n) is 5.82. The summed E-state index contributed by atoms with van der Waals surface area (Å²) in [6.07, 6.45) is 0. The number of Topliss-reactive ketones (excluding diaryl/α,β-unsaturated/α-hetero) is 1. The minimum absolute atomic E-state index is 0.0312. The Morgan fingerprint density at radius 3 is 2.30 bits per heavy atom. The van der Waals surface area contributed by atoms with Gasteiger partial charge in [0.15, 0.2) is 10.9 Å². The molecule has 1 aromatic heterocycles. The molecule has 20 heavy (non-hydrogen) atoms. The molecule has 0 aliphatic rings. The first-order chi connectivity index (χ1) is 9.45. The fraction of sp³-hybridized carbons (Fsp3) is 0.154. The summed E-state index contributed by atoms with van der Waals surface area (Å²) >= 11 is 7.01. The number of ketones is 1. The van der Waals surface area contributed by atoms with Gasteiger partial charge in [-0.05, 0) is 31.2 Å². The van der Waals surface area contributed by atoms with Crippen LogP contribution in [0.4, 0.5) is 11.6 Å². The zero-order valence-corrected chi connectivity index (χ0v) is 12.3. The lowest BCUT2D eigenvalue weighted by Gasteiger charge is -2.10. The average molecular weight is 309 g/mol. The van der Waals surface area contributed by atoms with Gasteiger partial charge in [-0.25, -0.2) is 9.97 Å². The molecule has 1 atom stereocenters. The molecule has 4 N–H and O–H groups in total. The zero-order valence-electron chi connectivity index (χ0n) is 10.7. The molecule has 0 fully saturated rings. The number of benzene rings is 1. The molecule has 1 aromatic carbocycles. The summed E-state index contributed by atoms with van der Waals surface area (Å²) in [5.74, 6) is 0.536. The van der Waals surface area contributed by atoms with E-state index >= 15 is 0 Å². The van der Waals surface area contributed by atoms with E-state index in [0.717, 1.165) is 0 Å². The number of nitrogens with zero attached hydrogens (tertiary/aromatic N) is 2. The zero-order chi connectivity index (χ0) is 14.7. The number of halogens is 1. The van der Waals surface area contributed by atoms with Crippen molar-refractivity contribution in [3.05, 3.63) is 40.9 Å². The van der Waals surface area contributed by atoms with Crippen LogP contribution < -0.4 is 11.5 Å². The highest BCUT2D eigenvalue weighted by atomic mass is 35.5. The Labute approximate surface area is 125 Å². The highest BCUT2D eigenvalue weighted by Crippen LogP contribution is 2.24. The van der Waals surface area contributed by atoms with E-state index in [4.69, 9.17) is 23.1 Å². The van der Waals surface area contributed by atoms with Gasteiger partial charge in [0.2, 0.25) is 0 Å². The molecule has 2 rings (SSSR count). The summed E-state index contributed by atoms with van der Waals surface area (Å²) in [6.45, 7) is 1.78. The van der Waals surface area contributed by atoms with Gasteiger partial charge < -0.3 is 11.5 Å². The number of nitrogen functional groups attached to an aromatic ring is 2. The van der Waals surface area contributed by atoms with Crippen LogP contribution in [-0.4, -0.2) is 21.0 Å². The maximum absolute atomic E-state index is 12.2. The first-order valence-corrected chi connectivity index (χ1v) is 7.08. The lowest BCUT2D eigenvalue weighted by molar-refractivity contribution is 0.0994. The summed E-state index contributed by atoms with van der Waals surface area (Å²) < 4.78 is 0. The Morgan fingerprint density at radius 1 is 1.20 bits per heavy atom. The number of aromatic nitrogens is 2. The molecule has 0 saturated heterocycles. The lowest BCUT2D eigenvalue weighted by Crippen LogP contribution is -2.14. The summed E-state index contributed by atoms with van der Waals surface area (Å²) in [4.78, 5) is 20.3. The molecule has 0 bridgehead atoms. The fourth-order valence-electron chi connectivity index (χ4n) is 1.58. The molecule has 1 unspecified atom stereocenters. The predicted octanol–water partition coefficient (Wildman–Crippen LogP) is 2.66. The first kappa shape index (κ1) is 14.6. The average Bonchev–Trinajstić information content (AvgIpc) is 2.37. The Hall–Kier alpha value is -1.79. The number of anilines is 2. The standard InChI is InChI=1S/C13H13ClN4OS/c1-7(12(19)8-2-4-9(14)5-3-8)20-13-17-10(15)6-11(16)18-13/h2-7H,1H3,(H4,15,16,17,18). The van der Waals surface area contributed by atoms with Gasteiger partial charge in [0.25, 0.3) is 0 Å². The number of carbonyl (C=O) groups excluding carboxylic acids is 1. The van der Waals surface area contributed by atoms with Crippen molar-refractivity contribution in [3.63, 3.8) is 0 Å². The van der Waals surface area contributed by atoms with Crippen LogP contribution in [0.2, 0.25) is 5.02 Å². The molecule has 1 heterocycles.